The van der Waals surface area contributed by atoms with E-state index < -0.39 is 0 Å². The Bertz CT molecular complexity index is 1290. The minimum absolute atomic E-state index is 0.0234. The van der Waals surface area contributed by atoms with Gasteiger partial charge in [0.25, 0.3) is 5.91 Å². The number of benzene rings is 2. The molecule has 2 aromatic carbocycles. The predicted octanol–water partition coefficient (Wildman–Crippen LogP) is 5.13. The molecule has 2 aliphatic rings. The molecular weight excluding hydrogens is 504 g/mol. The number of fused-ring (bicyclic) bond motifs is 1. The van der Waals surface area contributed by atoms with E-state index in [0.29, 0.717) is 23.0 Å². The van der Waals surface area contributed by atoms with Gasteiger partial charge in [-0.2, -0.15) is 5.10 Å². The molecule has 33 heavy (non-hydrogen) atoms. The van der Waals surface area contributed by atoms with Crippen molar-refractivity contribution in [2.24, 2.45) is 10.1 Å². The molecule has 0 saturated heterocycles. The average Bonchev–Trinajstić information content (AvgIpc) is 3.22. The number of phenolic OH excluding ortho intramolecular Hbond substituents is 1. The summed E-state index contributed by atoms with van der Waals surface area (Å²) in [6.45, 7) is 0.0234. The summed E-state index contributed by atoms with van der Waals surface area (Å²) in [5.74, 6) is 0.627. The summed E-state index contributed by atoms with van der Waals surface area (Å²) < 4.78 is 8.16. The van der Waals surface area contributed by atoms with Crippen molar-refractivity contribution in [1.29, 1.82) is 0 Å². The second kappa shape index (κ2) is 9.52. The van der Waals surface area contributed by atoms with Crippen molar-refractivity contribution in [2.75, 3.05) is 11.9 Å². The number of halogens is 1. The predicted molar refractivity (Wildman–Crippen MR) is 133 cm³/mol. The van der Waals surface area contributed by atoms with E-state index in [-0.39, 0.29) is 18.3 Å². The van der Waals surface area contributed by atoms with Crippen LogP contribution >= 0.6 is 27.3 Å². The van der Waals surface area contributed by atoms with Gasteiger partial charge in [0, 0.05) is 21.0 Å². The number of ether oxygens (including phenoxy) is 1. The molecule has 0 spiro atoms. The number of hydrogen-bond donors (Lipinski definition) is 2. The molecule has 0 atom stereocenters. The van der Waals surface area contributed by atoms with Crippen LogP contribution in [0.15, 0.2) is 56.3 Å². The van der Waals surface area contributed by atoms with Crippen LogP contribution in [0.3, 0.4) is 0 Å². The average molecular weight is 527 g/mol. The highest BCUT2D eigenvalue weighted by atomic mass is 79.9. The van der Waals surface area contributed by atoms with E-state index in [2.05, 4.69) is 21.2 Å². The van der Waals surface area contributed by atoms with Gasteiger partial charge in [-0.15, -0.1) is 11.3 Å². The van der Waals surface area contributed by atoms with Crippen molar-refractivity contribution < 1.29 is 14.6 Å². The minimum Gasteiger partial charge on any atom is -0.507 e. The number of carbonyl (C=O) groups is 1. The molecule has 1 fully saturated rings. The molecule has 1 saturated carbocycles. The largest absolute Gasteiger partial charge is 0.507 e. The molecule has 1 amide bonds. The van der Waals surface area contributed by atoms with E-state index in [9.17, 15) is 9.90 Å². The molecule has 2 heterocycles. The number of carbonyl (C=O) groups excluding carboxylic acids is 1. The Morgan fingerprint density at radius 1 is 1.18 bits per heavy atom. The molecule has 1 aliphatic heterocycles. The van der Waals surface area contributed by atoms with Gasteiger partial charge in [-0.1, -0.05) is 35.2 Å². The van der Waals surface area contributed by atoms with Crippen molar-refractivity contribution in [1.82, 2.24) is 4.68 Å². The number of rotatable bonds is 4. The number of aromatic nitrogens is 1. The first-order chi connectivity index (χ1) is 16.1. The zero-order valence-electron chi connectivity index (χ0n) is 17.8. The number of nitrogens with one attached hydrogen (secondary N) is 1. The highest BCUT2D eigenvalue weighted by molar-refractivity contribution is 9.10. The van der Waals surface area contributed by atoms with Crippen LogP contribution in [0.2, 0.25) is 0 Å². The Labute approximate surface area is 203 Å². The third-order valence-electron chi connectivity index (χ3n) is 5.76. The number of hydrogen-bond acceptors (Lipinski definition) is 6. The minimum atomic E-state index is -0.172. The number of aromatic hydroxyl groups is 1. The van der Waals surface area contributed by atoms with E-state index in [0.717, 1.165) is 33.4 Å². The number of phenols is 1. The van der Waals surface area contributed by atoms with Crippen LogP contribution in [0, 0.1) is 0 Å². The summed E-state index contributed by atoms with van der Waals surface area (Å²) in [6.07, 6.45) is 7.49. The van der Waals surface area contributed by atoms with Crippen LogP contribution in [0.5, 0.6) is 11.5 Å². The molecule has 7 nitrogen and oxygen atoms in total. The zero-order valence-corrected chi connectivity index (χ0v) is 20.2. The highest BCUT2D eigenvalue weighted by Crippen LogP contribution is 2.33. The van der Waals surface area contributed by atoms with Gasteiger partial charge in [0.15, 0.2) is 6.61 Å². The Hall–Kier alpha value is -2.91. The van der Waals surface area contributed by atoms with Crippen molar-refractivity contribution in [2.45, 2.75) is 38.1 Å². The molecule has 3 aromatic rings. The summed E-state index contributed by atoms with van der Waals surface area (Å²) in [6, 6.07) is 11.2. The van der Waals surface area contributed by atoms with Crippen LogP contribution in [0.4, 0.5) is 5.69 Å². The number of anilines is 1. The maximum atomic E-state index is 11.8. The van der Waals surface area contributed by atoms with E-state index in [1.165, 1.54) is 30.6 Å². The van der Waals surface area contributed by atoms with Crippen molar-refractivity contribution in [3.63, 3.8) is 0 Å². The fraction of sp³-hybridized carbons (Fsp3) is 0.292. The standard InChI is InChI=1S/C24H23BrN4O3S/c25-17-7-8-21(30)16(10-17)12-26-29-20(14-33-24(29)27-18-4-2-1-3-5-18)15-6-9-22-19(11-15)28-23(31)13-32-22/h6-12,14,18,30H,1-5,13H2,(H,28,31). The molecule has 2 N–H and O–H groups in total. The molecular formula is C24H23BrN4O3S. The first kappa shape index (κ1) is 21.9. The Balaban J connectivity index is 1.59. The monoisotopic (exact) mass is 526 g/mol. The molecule has 170 valence electrons. The molecule has 0 radical (unpaired) electrons. The summed E-state index contributed by atoms with van der Waals surface area (Å²) in [7, 11) is 0. The first-order valence-electron chi connectivity index (χ1n) is 10.9. The third kappa shape index (κ3) is 4.89. The van der Waals surface area contributed by atoms with E-state index >= 15 is 0 Å². The number of thiazole rings is 1. The Kier molecular flexibility index (Phi) is 6.32. The van der Waals surface area contributed by atoms with Crippen LogP contribution in [-0.2, 0) is 4.79 Å². The highest BCUT2D eigenvalue weighted by Gasteiger charge is 2.18. The summed E-state index contributed by atoms with van der Waals surface area (Å²) in [4.78, 5) is 17.6. The van der Waals surface area contributed by atoms with Crippen molar-refractivity contribution in [3.05, 3.63) is 56.6 Å². The van der Waals surface area contributed by atoms with E-state index in [1.54, 1.807) is 18.3 Å². The molecule has 9 heteroatoms. The topological polar surface area (TPSA) is 88.2 Å². The molecule has 5 rings (SSSR count). The van der Waals surface area contributed by atoms with Gasteiger partial charge in [-0.25, -0.2) is 4.68 Å². The first-order valence-corrected chi connectivity index (χ1v) is 12.6. The maximum absolute atomic E-state index is 11.8. The van der Waals surface area contributed by atoms with Gasteiger partial charge >= 0.3 is 0 Å². The van der Waals surface area contributed by atoms with Gasteiger partial charge in [-0.05, 0) is 49.2 Å². The lowest BCUT2D eigenvalue weighted by atomic mass is 9.96. The summed E-state index contributed by atoms with van der Waals surface area (Å²) >= 11 is 4.98. The van der Waals surface area contributed by atoms with E-state index in [1.807, 2.05) is 34.3 Å². The fourth-order valence-electron chi connectivity index (χ4n) is 4.06. The molecule has 1 aliphatic carbocycles. The maximum Gasteiger partial charge on any atom is 0.262 e. The lowest BCUT2D eigenvalue weighted by Gasteiger charge is -2.18. The van der Waals surface area contributed by atoms with Gasteiger partial charge in [0.2, 0.25) is 4.80 Å². The number of nitrogens with zero attached hydrogens (tertiary/aromatic N) is 3. The zero-order chi connectivity index (χ0) is 22.8. The van der Waals surface area contributed by atoms with Crippen LogP contribution in [0.25, 0.3) is 11.3 Å². The quantitative estimate of drug-likeness (QED) is 0.461. The second-order valence-electron chi connectivity index (χ2n) is 8.13. The van der Waals surface area contributed by atoms with Gasteiger partial charge in [0.1, 0.15) is 11.5 Å². The molecule has 1 aromatic heterocycles. The number of amides is 1. The SMILES string of the molecule is O=C1COc2ccc(-c3csc(=NC4CCCCC4)n3N=Cc3cc(Br)ccc3O)cc2N1. The fourth-order valence-corrected chi connectivity index (χ4v) is 5.34. The summed E-state index contributed by atoms with van der Waals surface area (Å²) in [5.41, 5.74) is 2.98. The van der Waals surface area contributed by atoms with Gasteiger partial charge in [-0.3, -0.25) is 9.79 Å². The van der Waals surface area contributed by atoms with Crippen LogP contribution in [-0.4, -0.2) is 34.6 Å². The Morgan fingerprint density at radius 3 is 2.88 bits per heavy atom. The second-order valence-corrected chi connectivity index (χ2v) is 9.88. The van der Waals surface area contributed by atoms with E-state index in [4.69, 9.17) is 14.8 Å². The van der Waals surface area contributed by atoms with Crippen molar-refractivity contribution >= 4 is 45.1 Å². The summed E-state index contributed by atoms with van der Waals surface area (Å²) in [5, 5.41) is 19.8. The lowest BCUT2D eigenvalue weighted by molar-refractivity contribution is -0.118. The van der Waals surface area contributed by atoms with Gasteiger partial charge in [0.05, 0.1) is 23.6 Å². The van der Waals surface area contributed by atoms with Gasteiger partial charge < -0.3 is 15.2 Å². The molecule has 0 unspecified atom stereocenters. The molecule has 0 bridgehead atoms. The van der Waals surface area contributed by atoms with Crippen molar-refractivity contribution in [3.8, 4) is 22.8 Å². The van der Waals surface area contributed by atoms with Crippen LogP contribution < -0.4 is 14.9 Å². The third-order valence-corrected chi connectivity index (χ3v) is 7.09. The lowest BCUT2D eigenvalue weighted by Crippen LogP contribution is -2.25. The normalized spacial score (nSPS) is 17.1. The Morgan fingerprint density at radius 2 is 2.03 bits per heavy atom. The van der Waals surface area contributed by atoms with Crippen LogP contribution in [0.1, 0.15) is 37.7 Å². The smallest absolute Gasteiger partial charge is 0.262 e.